The number of para-hydroxylation sites is 2. The molecule has 2 aromatic heterocycles. The van der Waals surface area contributed by atoms with Crippen molar-refractivity contribution >= 4 is 16.9 Å². The topological polar surface area (TPSA) is 76.8 Å². The van der Waals surface area contributed by atoms with E-state index in [0.29, 0.717) is 11.7 Å². The van der Waals surface area contributed by atoms with Crippen LogP contribution < -0.4 is 0 Å². The van der Waals surface area contributed by atoms with Gasteiger partial charge in [0, 0.05) is 12.1 Å². The SMILES string of the molecule is O=C(c1cnc2ccccc2n1)N1C2CCC1CC(n1cncn1)C2. The molecule has 2 atom stereocenters. The first kappa shape index (κ1) is 14.5. The Bertz CT molecular complexity index is 910. The molecule has 0 aliphatic carbocycles. The molecule has 0 N–H and O–H groups in total. The molecule has 3 aromatic rings. The van der Waals surface area contributed by atoms with Gasteiger partial charge in [-0.05, 0) is 37.8 Å². The number of aromatic nitrogens is 5. The Hall–Kier alpha value is -2.83. The van der Waals surface area contributed by atoms with Crippen LogP contribution in [0, 0.1) is 0 Å². The maximum Gasteiger partial charge on any atom is 0.274 e. The summed E-state index contributed by atoms with van der Waals surface area (Å²) in [6, 6.07) is 8.45. The van der Waals surface area contributed by atoms with E-state index in [0.717, 1.165) is 36.7 Å². The summed E-state index contributed by atoms with van der Waals surface area (Å²) in [4.78, 5) is 28.1. The number of hydrogen-bond donors (Lipinski definition) is 0. The van der Waals surface area contributed by atoms with E-state index in [-0.39, 0.29) is 18.0 Å². The molecule has 2 fully saturated rings. The van der Waals surface area contributed by atoms with Gasteiger partial charge in [-0.25, -0.2) is 14.6 Å². The second-order valence-electron chi connectivity index (χ2n) is 6.84. The van der Waals surface area contributed by atoms with Gasteiger partial charge in [-0.1, -0.05) is 12.1 Å². The molecule has 1 amide bonds. The van der Waals surface area contributed by atoms with E-state index < -0.39 is 0 Å². The third-order valence-corrected chi connectivity index (χ3v) is 5.42. The van der Waals surface area contributed by atoms with Crippen molar-refractivity contribution < 1.29 is 4.79 Å². The molecule has 2 bridgehead atoms. The number of piperidine rings is 1. The predicted octanol–water partition coefficient (Wildman–Crippen LogP) is 2.23. The minimum Gasteiger partial charge on any atom is -0.331 e. The second-order valence-corrected chi connectivity index (χ2v) is 6.84. The maximum atomic E-state index is 13.1. The summed E-state index contributed by atoms with van der Waals surface area (Å²) < 4.78 is 1.93. The van der Waals surface area contributed by atoms with Crippen LogP contribution in [0.25, 0.3) is 11.0 Å². The number of carbonyl (C=O) groups is 1. The number of nitrogens with zero attached hydrogens (tertiary/aromatic N) is 6. The van der Waals surface area contributed by atoms with Gasteiger partial charge in [0.2, 0.25) is 0 Å². The smallest absolute Gasteiger partial charge is 0.274 e. The molecule has 2 aliphatic heterocycles. The normalized spacial score (nSPS) is 25.4. The molecule has 5 rings (SSSR count). The highest BCUT2D eigenvalue weighted by Gasteiger charge is 2.44. The summed E-state index contributed by atoms with van der Waals surface area (Å²) in [5.41, 5.74) is 2.01. The third kappa shape index (κ3) is 2.38. The molecule has 0 radical (unpaired) electrons. The Morgan fingerprint density at radius 2 is 1.80 bits per heavy atom. The lowest BCUT2D eigenvalue weighted by Gasteiger charge is -2.38. The zero-order valence-corrected chi connectivity index (χ0v) is 13.7. The van der Waals surface area contributed by atoms with Gasteiger partial charge in [-0.3, -0.25) is 9.78 Å². The quantitative estimate of drug-likeness (QED) is 0.718. The monoisotopic (exact) mass is 334 g/mol. The molecule has 2 unspecified atom stereocenters. The van der Waals surface area contributed by atoms with Crippen molar-refractivity contribution in [1.82, 2.24) is 29.6 Å². The van der Waals surface area contributed by atoms with Gasteiger partial charge in [0.15, 0.2) is 0 Å². The number of rotatable bonds is 2. The summed E-state index contributed by atoms with van der Waals surface area (Å²) in [5, 5.41) is 4.28. The highest BCUT2D eigenvalue weighted by atomic mass is 16.2. The third-order valence-electron chi connectivity index (χ3n) is 5.42. The maximum absolute atomic E-state index is 13.1. The molecule has 4 heterocycles. The largest absolute Gasteiger partial charge is 0.331 e. The number of fused-ring (bicyclic) bond motifs is 3. The van der Waals surface area contributed by atoms with Gasteiger partial charge in [0.25, 0.3) is 5.91 Å². The van der Waals surface area contributed by atoms with Gasteiger partial charge >= 0.3 is 0 Å². The first-order chi connectivity index (χ1) is 12.3. The Morgan fingerprint density at radius 3 is 2.52 bits per heavy atom. The van der Waals surface area contributed by atoms with Gasteiger partial charge in [-0.2, -0.15) is 5.10 Å². The Morgan fingerprint density at radius 1 is 1.04 bits per heavy atom. The van der Waals surface area contributed by atoms with Crippen LogP contribution in [0.4, 0.5) is 0 Å². The van der Waals surface area contributed by atoms with Crippen molar-refractivity contribution in [2.45, 2.75) is 43.8 Å². The average molecular weight is 334 g/mol. The lowest BCUT2D eigenvalue weighted by atomic mass is 9.97. The fraction of sp³-hybridized carbons (Fsp3) is 0.389. The fourth-order valence-electron chi connectivity index (χ4n) is 4.29. The van der Waals surface area contributed by atoms with Gasteiger partial charge in [-0.15, -0.1) is 0 Å². The van der Waals surface area contributed by atoms with Crippen LogP contribution in [0.2, 0.25) is 0 Å². The first-order valence-electron chi connectivity index (χ1n) is 8.68. The summed E-state index contributed by atoms with van der Waals surface area (Å²) in [5.74, 6) is 0.00259. The summed E-state index contributed by atoms with van der Waals surface area (Å²) in [6.45, 7) is 0. The molecule has 25 heavy (non-hydrogen) atoms. The van der Waals surface area contributed by atoms with E-state index in [1.54, 1.807) is 18.9 Å². The van der Waals surface area contributed by atoms with Crippen LogP contribution in [0.3, 0.4) is 0 Å². The molecule has 126 valence electrons. The fourth-order valence-corrected chi connectivity index (χ4v) is 4.29. The van der Waals surface area contributed by atoms with E-state index in [1.165, 1.54) is 0 Å². The van der Waals surface area contributed by atoms with Crippen molar-refractivity contribution in [3.63, 3.8) is 0 Å². The van der Waals surface area contributed by atoms with Crippen molar-refractivity contribution in [2.24, 2.45) is 0 Å². The Labute approximate surface area is 144 Å². The number of hydrogen-bond acceptors (Lipinski definition) is 5. The molecule has 7 nitrogen and oxygen atoms in total. The average Bonchev–Trinajstić information content (AvgIpc) is 3.27. The molecule has 7 heteroatoms. The van der Waals surface area contributed by atoms with E-state index in [2.05, 4.69) is 20.1 Å². The van der Waals surface area contributed by atoms with E-state index in [4.69, 9.17) is 0 Å². The van der Waals surface area contributed by atoms with Crippen LogP contribution in [0.15, 0.2) is 43.1 Å². The van der Waals surface area contributed by atoms with Gasteiger partial charge < -0.3 is 4.90 Å². The molecule has 2 saturated heterocycles. The number of benzene rings is 1. The van der Waals surface area contributed by atoms with Crippen LogP contribution >= 0.6 is 0 Å². The van der Waals surface area contributed by atoms with Crippen molar-refractivity contribution in [1.29, 1.82) is 0 Å². The van der Waals surface area contributed by atoms with Crippen LogP contribution in [0.5, 0.6) is 0 Å². The van der Waals surface area contributed by atoms with E-state index >= 15 is 0 Å². The Kier molecular flexibility index (Phi) is 3.26. The lowest BCUT2D eigenvalue weighted by Crippen LogP contribution is -2.47. The molecule has 1 aromatic carbocycles. The van der Waals surface area contributed by atoms with Crippen molar-refractivity contribution in [2.75, 3.05) is 0 Å². The lowest BCUT2D eigenvalue weighted by molar-refractivity contribution is 0.0518. The molecular formula is C18H18N6O. The highest BCUT2D eigenvalue weighted by molar-refractivity contribution is 5.94. The minimum absolute atomic E-state index is 0.00259. The first-order valence-corrected chi connectivity index (χ1v) is 8.68. The zero-order chi connectivity index (χ0) is 16.8. The summed E-state index contributed by atoms with van der Waals surface area (Å²) >= 11 is 0. The molecule has 0 spiro atoms. The van der Waals surface area contributed by atoms with E-state index in [9.17, 15) is 4.79 Å². The van der Waals surface area contributed by atoms with Gasteiger partial charge in [0.1, 0.15) is 18.3 Å². The molecule has 0 saturated carbocycles. The van der Waals surface area contributed by atoms with Crippen LogP contribution in [-0.2, 0) is 0 Å². The van der Waals surface area contributed by atoms with Crippen LogP contribution in [0.1, 0.15) is 42.2 Å². The number of carbonyl (C=O) groups excluding carboxylic acids is 1. The highest BCUT2D eigenvalue weighted by Crippen LogP contribution is 2.41. The van der Waals surface area contributed by atoms with E-state index in [1.807, 2.05) is 33.8 Å². The second kappa shape index (κ2) is 5.61. The van der Waals surface area contributed by atoms with Crippen molar-refractivity contribution in [3.05, 3.63) is 48.8 Å². The number of amides is 1. The Balaban J connectivity index is 1.42. The zero-order valence-electron chi connectivity index (χ0n) is 13.7. The minimum atomic E-state index is 0.00259. The van der Waals surface area contributed by atoms with Crippen molar-refractivity contribution in [3.8, 4) is 0 Å². The van der Waals surface area contributed by atoms with Gasteiger partial charge in [0.05, 0.1) is 23.3 Å². The summed E-state index contributed by atoms with van der Waals surface area (Å²) in [7, 11) is 0. The molecule has 2 aliphatic rings. The summed E-state index contributed by atoms with van der Waals surface area (Å²) in [6.07, 6.45) is 8.89. The predicted molar refractivity (Wildman–Crippen MR) is 90.8 cm³/mol. The standard InChI is InChI=1S/C18H18N6O/c25-18(17-9-20-15-3-1-2-4-16(15)22-17)24-12-5-6-13(24)8-14(7-12)23-11-19-10-21-23/h1-4,9-14H,5-8H2. The molecular weight excluding hydrogens is 316 g/mol. The van der Waals surface area contributed by atoms with Crippen LogP contribution in [-0.4, -0.2) is 47.6 Å².